The number of hydrogen-bond donors (Lipinski definition) is 2. The van der Waals surface area contributed by atoms with Crippen LogP contribution in [0.1, 0.15) is 42.7 Å². The minimum absolute atomic E-state index is 0.00989. The van der Waals surface area contributed by atoms with Crippen LogP contribution in [-0.4, -0.2) is 41.4 Å². The summed E-state index contributed by atoms with van der Waals surface area (Å²) in [5, 5.41) is 3.09. The Morgan fingerprint density at radius 1 is 1.28 bits per heavy atom. The van der Waals surface area contributed by atoms with E-state index in [0.717, 1.165) is 50.9 Å². The molecule has 3 heterocycles. The van der Waals surface area contributed by atoms with Crippen LogP contribution in [0.4, 0.5) is 5.69 Å². The zero-order valence-corrected chi connectivity index (χ0v) is 16.4. The second kappa shape index (κ2) is 10.9. The zero-order valence-electron chi connectivity index (χ0n) is 16.4. The Morgan fingerprint density at radius 3 is 2.76 bits per heavy atom. The van der Waals surface area contributed by atoms with Gasteiger partial charge in [-0.3, -0.25) is 9.78 Å². The molecule has 0 radical (unpaired) electrons. The fourth-order valence-corrected chi connectivity index (χ4v) is 3.44. The number of nitrogens with zero attached hydrogens (tertiary/aromatic N) is 4. The standard InChI is InChI=1S/C21H26N6O2/c1-22-26-21(25-18-7-12-23-13-8-18)24-11-3-2-5-17-9-14-27(15-10-17)20(28)19-6-4-16-29-19/h4,6-8,12-13,16-17H,2-3,5,9-11,14-15H2,(H2,23,24,25,26). The van der Waals surface area contributed by atoms with Gasteiger partial charge in [-0.05, 0) is 49.4 Å². The SMILES string of the molecule is [C-]#[N+]NC(=NCCCCC1CCN(C(=O)c2ccco2)CC1)Nc1ccncc1. The number of amides is 1. The predicted octanol–water partition coefficient (Wildman–Crippen LogP) is 3.59. The van der Waals surface area contributed by atoms with Crippen molar-refractivity contribution < 1.29 is 9.21 Å². The van der Waals surface area contributed by atoms with E-state index in [4.69, 9.17) is 11.0 Å². The van der Waals surface area contributed by atoms with Crippen LogP contribution < -0.4 is 10.7 Å². The summed E-state index contributed by atoms with van der Waals surface area (Å²) in [7, 11) is 0. The van der Waals surface area contributed by atoms with Crippen molar-refractivity contribution in [1.82, 2.24) is 15.3 Å². The maximum atomic E-state index is 12.3. The summed E-state index contributed by atoms with van der Waals surface area (Å²) < 4.78 is 5.21. The average molecular weight is 394 g/mol. The van der Waals surface area contributed by atoms with E-state index in [-0.39, 0.29) is 5.91 Å². The van der Waals surface area contributed by atoms with Gasteiger partial charge in [0, 0.05) is 37.7 Å². The number of carbonyl (C=O) groups excluding carboxylic acids is 1. The molecule has 152 valence electrons. The second-order valence-corrected chi connectivity index (χ2v) is 7.02. The highest BCUT2D eigenvalue weighted by Gasteiger charge is 2.24. The summed E-state index contributed by atoms with van der Waals surface area (Å²) in [6.07, 6.45) is 10.2. The van der Waals surface area contributed by atoms with E-state index in [1.165, 1.54) is 6.26 Å². The number of rotatable bonds is 7. The summed E-state index contributed by atoms with van der Waals surface area (Å²) in [6.45, 7) is 9.22. The van der Waals surface area contributed by atoms with E-state index in [1.54, 1.807) is 24.5 Å². The number of guanidine groups is 1. The van der Waals surface area contributed by atoms with Crippen LogP contribution in [0.3, 0.4) is 0 Å². The third-order valence-electron chi connectivity index (χ3n) is 5.03. The summed E-state index contributed by atoms with van der Waals surface area (Å²) in [6, 6.07) is 7.11. The monoisotopic (exact) mass is 394 g/mol. The van der Waals surface area contributed by atoms with E-state index in [2.05, 4.69) is 25.7 Å². The van der Waals surface area contributed by atoms with E-state index in [9.17, 15) is 4.79 Å². The zero-order chi connectivity index (χ0) is 20.3. The topological polar surface area (TPSA) is 87.1 Å². The van der Waals surface area contributed by atoms with Crippen molar-refractivity contribution in [3.05, 3.63) is 60.2 Å². The molecule has 0 bridgehead atoms. The number of pyridine rings is 1. The van der Waals surface area contributed by atoms with Gasteiger partial charge in [0.2, 0.25) is 0 Å². The number of piperidine rings is 1. The number of likely N-dealkylation sites (tertiary alicyclic amines) is 1. The van der Waals surface area contributed by atoms with Gasteiger partial charge in [0.15, 0.2) is 5.76 Å². The Kier molecular flexibility index (Phi) is 7.63. The average Bonchev–Trinajstić information content (AvgIpc) is 3.29. The van der Waals surface area contributed by atoms with Crippen LogP contribution in [0.25, 0.3) is 4.95 Å². The number of hydrogen-bond acceptors (Lipinski definition) is 4. The van der Waals surface area contributed by atoms with Crippen LogP contribution >= 0.6 is 0 Å². The largest absolute Gasteiger partial charge is 0.459 e. The Hall–Kier alpha value is -3.34. The lowest BCUT2D eigenvalue weighted by atomic mass is 9.91. The molecule has 0 unspecified atom stereocenters. The highest BCUT2D eigenvalue weighted by molar-refractivity contribution is 5.93. The molecular weight excluding hydrogens is 368 g/mol. The lowest BCUT2D eigenvalue weighted by Crippen LogP contribution is -2.38. The molecule has 8 nitrogen and oxygen atoms in total. The van der Waals surface area contributed by atoms with Crippen molar-refractivity contribution in [3.63, 3.8) is 0 Å². The smallest absolute Gasteiger partial charge is 0.289 e. The lowest BCUT2D eigenvalue weighted by Gasteiger charge is -2.31. The van der Waals surface area contributed by atoms with Crippen LogP contribution in [0.2, 0.25) is 0 Å². The minimum Gasteiger partial charge on any atom is -0.459 e. The van der Waals surface area contributed by atoms with Crippen LogP contribution in [0, 0.1) is 12.5 Å². The van der Waals surface area contributed by atoms with E-state index in [0.29, 0.717) is 24.2 Å². The Bertz CT molecular complexity index is 821. The fourth-order valence-electron chi connectivity index (χ4n) is 3.44. The van der Waals surface area contributed by atoms with Gasteiger partial charge < -0.3 is 14.6 Å². The van der Waals surface area contributed by atoms with Crippen LogP contribution in [0.5, 0.6) is 0 Å². The molecule has 2 aromatic rings. The molecule has 3 rings (SSSR count). The van der Waals surface area contributed by atoms with E-state index in [1.807, 2.05) is 17.0 Å². The number of aromatic nitrogens is 1. The normalized spacial score (nSPS) is 15.0. The number of aliphatic imine (C=N–C) groups is 1. The molecule has 1 aliphatic rings. The Morgan fingerprint density at radius 2 is 2.07 bits per heavy atom. The molecule has 0 saturated carbocycles. The first-order chi connectivity index (χ1) is 14.3. The van der Waals surface area contributed by atoms with Gasteiger partial charge in [-0.15, -0.1) is 0 Å². The number of nitrogens with one attached hydrogen (secondary N) is 2. The molecule has 0 aromatic carbocycles. The fraction of sp³-hybridized carbons (Fsp3) is 0.429. The summed E-state index contributed by atoms with van der Waals surface area (Å²) in [5.41, 5.74) is 3.40. The van der Waals surface area contributed by atoms with Crippen LogP contribution in [0.15, 0.2) is 52.3 Å². The summed E-state index contributed by atoms with van der Waals surface area (Å²) in [5.74, 6) is 1.51. The minimum atomic E-state index is -0.00989. The number of furan rings is 1. The van der Waals surface area contributed by atoms with Gasteiger partial charge in [0.1, 0.15) is 0 Å². The molecular formula is C21H26N6O2. The third kappa shape index (κ3) is 6.35. The predicted molar refractivity (Wildman–Crippen MR) is 111 cm³/mol. The highest BCUT2D eigenvalue weighted by Crippen LogP contribution is 2.23. The first-order valence-corrected chi connectivity index (χ1v) is 9.93. The number of carbonyl (C=O) groups is 1. The van der Waals surface area contributed by atoms with Crippen LogP contribution in [-0.2, 0) is 0 Å². The van der Waals surface area contributed by atoms with Crippen molar-refractivity contribution in [1.29, 1.82) is 0 Å². The summed E-state index contributed by atoms with van der Waals surface area (Å²) in [4.78, 5) is 25.8. The van der Waals surface area contributed by atoms with Gasteiger partial charge in [-0.25, -0.2) is 4.99 Å². The Labute approximate surface area is 170 Å². The first kappa shape index (κ1) is 20.4. The molecule has 1 fully saturated rings. The molecule has 1 saturated heterocycles. The van der Waals surface area contributed by atoms with Crippen molar-refractivity contribution in [2.75, 3.05) is 25.0 Å². The molecule has 0 aliphatic carbocycles. The quantitative estimate of drug-likeness (QED) is 0.246. The van der Waals surface area contributed by atoms with Gasteiger partial charge in [-0.2, -0.15) is 11.5 Å². The number of anilines is 1. The van der Waals surface area contributed by atoms with Gasteiger partial charge in [-0.1, -0.05) is 18.3 Å². The van der Waals surface area contributed by atoms with Gasteiger partial charge >= 0.3 is 0 Å². The molecule has 0 atom stereocenters. The molecule has 1 amide bonds. The van der Waals surface area contributed by atoms with Crippen molar-refractivity contribution in [2.45, 2.75) is 32.1 Å². The van der Waals surface area contributed by atoms with Crippen molar-refractivity contribution in [2.24, 2.45) is 10.9 Å². The highest BCUT2D eigenvalue weighted by atomic mass is 16.3. The van der Waals surface area contributed by atoms with Gasteiger partial charge in [0.25, 0.3) is 11.9 Å². The Balaban J connectivity index is 1.34. The third-order valence-corrected chi connectivity index (χ3v) is 5.03. The molecule has 0 spiro atoms. The lowest BCUT2D eigenvalue weighted by molar-refractivity contribution is 0.0654. The number of unbranched alkanes of at least 4 members (excludes halogenated alkanes) is 1. The van der Waals surface area contributed by atoms with E-state index >= 15 is 0 Å². The molecule has 8 heteroatoms. The van der Waals surface area contributed by atoms with E-state index < -0.39 is 0 Å². The van der Waals surface area contributed by atoms with Gasteiger partial charge in [0.05, 0.1) is 6.26 Å². The summed E-state index contributed by atoms with van der Waals surface area (Å²) >= 11 is 0. The van der Waals surface area contributed by atoms with Crippen molar-refractivity contribution >= 4 is 17.6 Å². The molecule has 29 heavy (non-hydrogen) atoms. The molecule has 1 aliphatic heterocycles. The van der Waals surface area contributed by atoms with Crippen molar-refractivity contribution in [3.8, 4) is 0 Å². The molecule has 2 N–H and O–H groups in total. The molecule has 2 aromatic heterocycles. The maximum absolute atomic E-state index is 12.3. The first-order valence-electron chi connectivity index (χ1n) is 9.93. The second-order valence-electron chi connectivity index (χ2n) is 7.02. The maximum Gasteiger partial charge on any atom is 0.289 e.